The number of nitrogens with one attached hydrogen (secondary N) is 1. The lowest BCUT2D eigenvalue weighted by Crippen LogP contribution is -2.42. The van der Waals surface area contributed by atoms with Crippen LogP contribution < -0.4 is 14.8 Å². The minimum atomic E-state index is -0.302. The summed E-state index contributed by atoms with van der Waals surface area (Å²) in [6.45, 7) is 1.95. The molecule has 2 aromatic rings. The minimum Gasteiger partial charge on any atom is -0.488 e. The quantitative estimate of drug-likeness (QED) is 0.692. The van der Waals surface area contributed by atoms with Crippen molar-refractivity contribution in [2.24, 2.45) is 0 Å². The topological polar surface area (TPSA) is 69.7 Å². The number of hydrogen-bond donors (Lipinski definition) is 1. The second-order valence-corrected chi connectivity index (χ2v) is 7.85. The Bertz CT molecular complexity index is 806. The van der Waals surface area contributed by atoms with Crippen LogP contribution in [0.25, 0.3) is 0 Å². The fraction of sp³-hybridized carbons (Fsp3) is 0.333. The Morgan fingerprint density at radius 2 is 2.00 bits per heavy atom. The van der Waals surface area contributed by atoms with Crippen molar-refractivity contribution in [1.29, 1.82) is 0 Å². The highest BCUT2D eigenvalue weighted by atomic mass is 35.5. The minimum absolute atomic E-state index is 0.00194. The lowest BCUT2D eigenvalue weighted by atomic mass is 10.3. The van der Waals surface area contributed by atoms with E-state index in [1.54, 1.807) is 42.1 Å². The van der Waals surface area contributed by atoms with Crippen molar-refractivity contribution in [2.45, 2.75) is 24.4 Å². The molecule has 1 aliphatic rings. The molecule has 0 radical (unpaired) electrons. The second-order valence-electron chi connectivity index (χ2n) is 5.83. The van der Waals surface area contributed by atoms with Gasteiger partial charge in [-0.15, -0.1) is 11.8 Å². The molecule has 1 aliphatic heterocycles. The summed E-state index contributed by atoms with van der Waals surface area (Å²) in [7, 11) is 1.39. The number of halogens is 2. The molecule has 1 fully saturated rings. The van der Waals surface area contributed by atoms with Crippen molar-refractivity contribution < 1.29 is 19.0 Å². The average molecular weight is 429 g/mol. The lowest BCUT2D eigenvalue weighted by molar-refractivity contribution is -0.142. The van der Waals surface area contributed by atoms with Crippen LogP contribution >= 0.6 is 35.0 Å². The number of thioether (sulfide) groups is 1. The molecular weight excluding hydrogens is 411 g/mol. The van der Waals surface area contributed by atoms with Gasteiger partial charge >= 0.3 is 5.97 Å². The first-order valence-electron chi connectivity index (χ1n) is 8.17. The molecule has 1 aromatic carbocycles. The first-order valence-corrected chi connectivity index (χ1v) is 9.98. The molecule has 6 nitrogen and oxygen atoms in total. The first-order chi connectivity index (χ1) is 13.0. The third-order valence-corrected chi connectivity index (χ3v) is 5.74. The third kappa shape index (κ3) is 5.19. The van der Waals surface area contributed by atoms with Crippen molar-refractivity contribution in [1.82, 2.24) is 10.3 Å². The maximum absolute atomic E-state index is 11.6. The highest BCUT2D eigenvalue weighted by molar-refractivity contribution is 8.00. The number of rotatable bonds is 6. The molecule has 0 spiro atoms. The molecule has 3 atom stereocenters. The fourth-order valence-electron chi connectivity index (χ4n) is 2.50. The maximum atomic E-state index is 11.6. The smallest absolute Gasteiger partial charge is 0.323 e. The zero-order valence-corrected chi connectivity index (χ0v) is 17.0. The number of methoxy groups -OCH3 is 1. The standard InChI is InChI=1S/C18H18Cl2N2O4S/c1-10(17-22-15(9-27-17)18(23)24-2)25-12-3-5-13(6-4-12)26-16-14(20)7-11(19)8-21-16/h3-8,10,15,17,22H,9H2,1-2H3/t10?,15-,17?/m0/s1. The van der Waals surface area contributed by atoms with Crippen LogP contribution in [0.1, 0.15) is 6.92 Å². The first kappa shape index (κ1) is 20.1. The normalized spacial score (nSPS) is 20.1. The van der Waals surface area contributed by atoms with E-state index in [9.17, 15) is 4.79 Å². The number of hydrogen-bond acceptors (Lipinski definition) is 7. The summed E-state index contributed by atoms with van der Waals surface area (Å²) in [5.41, 5.74) is 0. The number of nitrogens with zero attached hydrogens (tertiary/aromatic N) is 1. The molecule has 1 aromatic heterocycles. The van der Waals surface area contributed by atoms with E-state index >= 15 is 0 Å². The van der Waals surface area contributed by atoms with Crippen molar-refractivity contribution in [3.63, 3.8) is 0 Å². The monoisotopic (exact) mass is 428 g/mol. The number of carbonyl (C=O) groups is 1. The van der Waals surface area contributed by atoms with Gasteiger partial charge in [0, 0.05) is 11.9 Å². The van der Waals surface area contributed by atoms with Crippen LogP contribution in [0, 0.1) is 0 Å². The summed E-state index contributed by atoms with van der Waals surface area (Å²) >= 11 is 13.5. The number of esters is 1. The van der Waals surface area contributed by atoms with Gasteiger partial charge in [0.2, 0.25) is 5.88 Å². The van der Waals surface area contributed by atoms with E-state index < -0.39 is 0 Å². The molecule has 1 saturated heterocycles. The van der Waals surface area contributed by atoms with E-state index in [0.29, 0.717) is 27.3 Å². The molecule has 3 rings (SSSR count). The summed E-state index contributed by atoms with van der Waals surface area (Å²) in [4.78, 5) is 15.7. The molecule has 1 N–H and O–H groups in total. The predicted octanol–water partition coefficient (Wildman–Crippen LogP) is 4.15. The predicted molar refractivity (Wildman–Crippen MR) is 106 cm³/mol. The molecule has 2 unspecified atom stereocenters. The number of ether oxygens (including phenoxy) is 3. The Morgan fingerprint density at radius 1 is 1.30 bits per heavy atom. The molecule has 0 saturated carbocycles. The molecule has 0 amide bonds. The van der Waals surface area contributed by atoms with Gasteiger partial charge in [-0.25, -0.2) is 4.98 Å². The van der Waals surface area contributed by atoms with Crippen LogP contribution in [0.15, 0.2) is 36.5 Å². The van der Waals surface area contributed by atoms with E-state index in [-0.39, 0.29) is 29.4 Å². The van der Waals surface area contributed by atoms with Gasteiger partial charge in [-0.3, -0.25) is 10.1 Å². The van der Waals surface area contributed by atoms with Crippen LogP contribution in [0.5, 0.6) is 17.4 Å². The number of pyridine rings is 1. The molecule has 27 heavy (non-hydrogen) atoms. The Kier molecular flexibility index (Phi) is 6.70. The highest BCUT2D eigenvalue weighted by Crippen LogP contribution is 2.30. The van der Waals surface area contributed by atoms with Crippen LogP contribution in [-0.2, 0) is 9.53 Å². The molecule has 144 valence electrons. The van der Waals surface area contributed by atoms with E-state index in [0.717, 1.165) is 0 Å². The van der Waals surface area contributed by atoms with Crippen LogP contribution in [-0.4, -0.2) is 41.3 Å². The van der Waals surface area contributed by atoms with Crippen LogP contribution in [0.2, 0.25) is 10.0 Å². The van der Waals surface area contributed by atoms with Gasteiger partial charge < -0.3 is 14.2 Å². The second kappa shape index (κ2) is 9.01. The molecule has 9 heteroatoms. The van der Waals surface area contributed by atoms with Gasteiger partial charge in [0.15, 0.2) is 0 Å². The summed E-state index contributed by atoms with van der Waals surface area (Å²) in [5.74, 6) is 1.95. The van der Waals surface area contributed by atoms with Gasteiger partial charge in [0.05, 0.1) is 17.5 Å². The maximum Gasteiger partial charge on any atom is 0.323 e. The molecule has 2 heterocycles. The Labute approximate surface area is 171 Å². The van der Waals surface area contributed by atoms with Gasteiger partial charge in [-0.2, -0.15) is 0 Å². The largest absolute Gasteiger partial charge is 0.488 e. The lowest BCUT2D eigenvalue weighted by Gasteiger charge is -2.21. The summed E-state index contributed by atoms with van der Waals surface area (Å²) in [6, 6.07) is 8.39. The van der Waals surface area contributed by atoms with Gasteiger partial charge in [0.1, 0.15) is 28.7 Å². The Hall–Kier alpha value is -1.67. The Morgan fingerprint density at radius 3 is 2.67 bits per heavy atom. The van der Waals surface area contributed by atoms with E-state index in [1.807, 2.05) is 6.92 Å². The zero-order valence-electron chi connectivity index (χ0n) is 14.6. The number of benzene rings is 1. The fourth-order valence-corrected chi connectivity index (χ4v) is 4.13. The number of carbonyl (C=O) groups excluding carboxylic acids is 1. The summed E-state index contributed by atoms with van der Waals surface area (Å²) in [6.07, 6.45) is 1.33. The third-order valence-electron chi connectivity index (χ3n) is 3.85. The van der Waals surface area contributed by atoms with E-state index in [2.05, 4.69) is 10.3 Å². The SMILES string of the molecule is COC(=O)[C@@H]1CSC(C(C)Oc2ccc(Oc3ncc(Cl)cc3Cl)cc2)N1. The van der Waals surface area contributed by atoms with Gasteiger partial charge in [0.25, 0.3) is 0 Å². The molecular formula is C18H18Cl2N2O4S. The summed E-state index contributed by atoms with van der Waals surface area (Å²) in [5, 5.41) is 4.00. The van der Waals surface area contributed by atoms with Crippen LogP contribution in [0.4, 0.5) is 0 Å². The van der Waals surface area contributed by atoms with Crippen LogP contribution in [0.3, 0.4) is 0 Å². The van der Waals surface area contributed by atoms with Gasteiger partial charge in [-0.1, -0.05) is 23.2 Å². The van der Waals surface area contributed by atoms with Crippen molar-refractivity contribution in [3.05, 3.63) is 46.6 Å². The highest BCUT2D eigenvalue weighted by Gasteiger charge is 2.34. The average Bonchev–Trinajstić information content (AvgIpc) is 3.15. The molecule has 0 aliphatic carbocycles. The van der Waals surface area contributed by atoms with Crippen molar-refractivity contribution >= 4 is 40.9 Å². The number of aromatic nitrogens is 1. The Balaban J connectivity index is 1.57. The zero-order chi connectivity index (χ0) is 19.4. The van der Waals surface area contributed by atoms with E-state index in [4.69, 9.17) is 37.4 Å². The van der Waals surface area contributed by atoms with Gasteiger partial charge in [-0.05, 0) is 37.3 Å². The van der Waals surface area contributed by atoms with E-state index in [1.165, 1.54) is 13.3 Å². The van der Waals surface area contributed by atoms with Crippen molar-refractivity contribution in [3.8, 4) is 17.4 Å². The van der Waals surface area contributed by atoms with Crippen molar-refractivity contribution in [2.75, 3.05) is 12.9 Å². The molecule has 0 bridgehead atoms. The summed E-state index contributed by atoms with van der Waals surface area (Å²) < 4.78 is 16.4.